The maximum absolute atomic E-state index is 11.7. The Morgan fingerprint density at radius 3 is 2.65 bits per heavy atom. The van der Waals surface area contributed by atoms with E-state index in [9.17, 15) is 9.59 Å². The lowest BCUT2D eigenvalue weighted by molar-refractivity contribution is -0.151. The van der Waals surface area contributed by atoms with Gasteiger partial charge in [0.2, 0.25) is 0 Å². The predicted molar refractivity (Wildman–Crippen MR) is 71.8 cm³/mol. The molecule has 0 saturated carbocycles. The molecule has 5 nitrogen and oxygen atoms in total. The minimum absolute atomic E-state index is 0.0124. The summed E-state index contributed by atoms with van der Waals surface area (Å²) < 4.78 is 15.2. The summed E-state index contributed by atoms with van der Waals surface area (Å²) in [6.07, 6.45) is 1.64. The zero-order valence-corrected chi connectivity index (χ0v) is 11.4. The van der Waals surface area contributed by atoms with Gasteiger partial charge >= 0.3 is 11.9 Å². The summed E-state index contributed by atoms with van der Waals surface area (Å²) in [5.41, 5.74) is 0.716. The number of hydrogen-bond donors (Lipinski definition) is 0. The lowest BCUT2D eigenvalue weighted by Crippen LogP contribution is -2.24. The van der Waals surface area contributed by atoms with Crippen LogP contribution in [0.2, 0.25) is 0 Å². The molecule has 20 heavy (non-hydrogen) atoms. The number of carbonyl (C=O) groups is 2. The summed E-state index contributed by atoms with van der Waals surface area (Å²) in [6.45, 7) is 2.02. The van der Waals surface area contributed by atoms with Gasteiger partial charge in [-0.15, -0.1) is 0 Å². The topological polar surface area (TPSA) is 61.8 Å². The van der Waals surface area contributed by atoms with E-state index in [-0.39, 0.29) is 13.0 Å². The molecule has 1 heterocycles. The van der Waals surface area contributed by atoms with Crippen molar-refractivity contribution in [3.8, 4) is 5.75 Å². The van der Waals surface area contributed by atoms with Crippen LogP contribution in [0.15, 0.2) is 30.3 Å². The quantitative estimate of drug-likeness (QED) is 0.789. The van der Waals surface area contributed by atoms with Crippen LogP contribution in [0.3, 0.4) is 0 Å². The third-order valence-electron chi connectivity index (χ3n) is 2.93. The van der Waals surface area contributed by atoms with Crippen molar-refractivity contribution in [2.45, 2.75) is 13.3 Å². The molecule has 5 heteroatoms. The number of benzene rings is 1. The number of carbonyl (C=O) groups excluding carboxylic acids is 2. The van der Waals surface area contributed by atoms with E-state index in [2.05, 4.69) is 0 Å². The Morgan fingerprint density at radius 2 is 2.05 bits per heavy atom. The van der Waals surface area contributed by atoms with Crippen molar-refractivity contribution < 1.29 is 23.8 Å². The Labute approximate surface area is 117 Å². The van der Waals surface area contributed by atoms with Gasteiger partial charge in [-0.2, -0.15) is 0 Å². The molecule has 0 unspecified atom stereocenters. The third-order valence-corrected chi connectivity index (χ3v) is 2.93. The zero-order valence-electron chi connectivity index (χ0n) is 11.4. The van der Waals surface area contributed by atoms with Gasteiger partial charge < -0.3 is 14.2 Å². The lowest BCUT2D eigenvalue weighted by atomic mass is 10.00. The summed E-state index contributed by atoms with van der Waals surface area (Å²) >= 11 is 0. The second-order valence-electron chi connectivity index (χ2n) is 4.30. The Balaban J connectivity index is 2.23. The summed E-state index contributed by atoms with van der Waals surface area (Å²) in [4.78, 5) is 23.3. The van der Waals surface area contributed by atoms with E-state index in [4.69, 9.17) is 14.2 Å². The van der Waals surface area contributed by atoms with Gasteiger partial charge in [0.1, 0.15) is 11.5 Å². The van der Waals surface area contributed by atoms with Crippen LogP contribution in [0, 0.1) is 5.92 Å². The molecule has 0 aromatic heterocycles. The molecule has 1 aliphatic rings. The summed E-state index contributed by atoms with van der Waals surface area (Å²) in [6, 6.07) is 7.06. The normalized spacial score (nSPS) is 18.0. The van der Waals surface area contributed by atoms with Gasteiger partial charge in [0.05, 0.1) is 26.1 Å². The van der Waals surface area contributed by atoms with Crippen molar-refractivity contribution in [3.63, 3.8) is 0 Å². The third kappa shape index (κ3) is 3.17. The van der Waals surface area contributed by atoms with Gasteiger partial charge in [-0.05, 0) is 37.3 Å². The number of rotatable bonds is 4. The van der Waals surface area contributed by atoms with Gasteiger partial charge in [0.25, 0.3) is 0 Å². The molecule has 1 aromatic carbocycles. The van der Waals surface area contributed by atoms with E-state index in [1.807, 2.05) is 0 Å². The number of hydrogen-bond acceptors (Lipinski definition) is 5. The zero-order chi connectivity index (χ0) is 14.5. The predicted octanol–water partition coefficient (Wildman–Crippen LogP) is 2.16. The second-order valence-corrected chi connectivity index (χ2v) is 4.30. The molecular weight excluding hydrogens is 260 g/mol. The highest BCUT2D eigenvalue weighted by atomic mass is 16.5. The van der Waals surface area contributed by atoms with Crippen LogP contribution in [-0.4, -0.2) is 25.7 Å². The van der Waals surface area contributed by atoms with Gasteiger partial charge in [0.15, 0.2) is 0 Å². The van der Waals surface area contributed by atoms with E-state index in [1.54, 1.807) is 44.4 Å². The highest BCUT2D eigenvalue weighted by molar-refractivity contribution is 5.89. The summed E-state index contributed by atoms with van der Waals surface area (Å²) in [5, 5.41) is 0. The Hall–Kier alpha value is -2.30. The van der Waals surface area contributed by atoms with Crippen LogP contribution in [0.5, 0.6) is 5.75 Å². The van der Waals surface area contributed by atoms with E-state index in [0.717, 1.165) is 0 Å². The van der Waals surface area contributed by atoms with E-state index in [0.29, 0.717) is 17.1 Å². The Kier molecular flexibility index (Phi) is 4.40. The smallest absolute Gasteiger partial charge is 0.313 e. The molecule has 0 fully saturated rings. The highest BCUT2D eigenvalue weighted by Gasteiger charge is 2.28. The van der Waals surface area contributed by atoms with Crippen LogP contribution < -0.4 is 4.74 Å². The van der Waals surface area contributed by atoms with Crippen molar-refractivity contribution in [1.82, 2.24) is 0 Å². The van der Waals surface area contributed by atoms with Gasteiger partial charge in [-0.3, -0.25) is 9.59 Å². The molecule has 2 rings (SSSR count). The average Bonchev–Trinajstić information content (AvgIpc) is 2.47. The SMILES string of the molecule is CCOC(=O)[C@H]1C=C(c2ccc(OC)cc2)OC(=O)C1. The number of esters is 2. The number of methoxy groups -OCH3 is 1. The van der Waals surface area contributed by atoms with Crippen molar-refractivity contribution >= 4 is 17.7 Å². The van der Waals surface area contributed by atoms with Gasteiger partial charge in [-0.25, -0.2) is 0 Å². The molecule has 0 radical (unpaired) electrons. The fraction of sp³-hybridized carbons (Fsp3) is 0.333. The fourth-order valence-electron chi connectivity index (χ4n) is 1.93. The van der Waals surface area contributed by atoms with Gasteiger partial charge in [-0.1, -0.05) is 0 Å². The minimum atomic E-state index is -0.590. The van der Waals surface area contributed by atoms with Crippen LogP contribution in [0.1, 0.15) is 18.9 Å². The van der Waals surface area contributed by atoms with Crippen molar-refractivity contribution in [3.05, 3.63) is 35.9 Å². The van der Waals surface area contributed by atoms with Crippen LogP contribution in [0.4, 0.5) is 0 Å². The molecule has 0 saturated heterocycles. The van der Waals surface area contributed by atoms with E-state index < -0.39 is 17.9 Å². The molecule has 1 atom stereocenters. The fourth-order valence-corrected chi connectivity index (χ4v) is 1.93. The molecule has 0 N–H and O–H groups in total. The van der Waals surface area contributed by atoms with Crippen LogP contribution in [-0.2, 0) is 19.1 Å². The summed E-state index contributed by atoms with van der Waals surface area (Å²) in [7, 11) is 1.58. The first-order valence-electron chi connectivity index (χ1n) is 6.37. The van der Waals surface area contributed by atoms with E-state index in [1.165, 1.54) is 0 Å². The molecular formula is C15H16O5. The minimum Gasteiger partial charge on any atom is -0.497 e. The molecule has 106 valence electrons. The van der Waals surface area contributed by atoms with Crippen LogP contribution >= 0.6 is 0 Å². The molecule has 1 aromatic rings. The van der Waals surface area contributed by atoms with Gasteiger partial charge in [0, 0.05) is 5.56 Å². The number of cyclic esters (lactones) is 1. The molecule has 0 bridgehead atoms. The Bertz CT molecular complexity index is 530. The monoisotopic (exact) mass is 276 g/mol. The molecule has 1 aliphatic heterocycles. The molecule has 0 spiro atoms. The summed E-state index contributed by atoms with van der Waals surface area (Å²) in [5.74, 6) is -0.347. The maximum Gasteiger partial charge on any atom is 0.313 e. The standard InChI is InChI=1S/C15H16O5/c1-3-19-15(17)11-8-13(20-14(16)9-11)10-4-6-12(18-2)7-5-10/h4-8,11H,3,9H2,1-2H3/t11-/m0/s1. The first kappa shape index (κ1) is 14.1. The second kappa shape index (κ2) is 6.23. The molecule has 0 amide bonds. The Morgan fingerprint density at radius 1 is 1.35 bits per heavy atom. The van der Waals surface area contributed by atoms with Crippen molar-refractivity contribution in [2.75, 3.05) is 13.7 Å². The number of ether oxygens (including phenoxy) is 3. The van der Waals surface area contributed by atoms with E-state index >= 15 is 0 Å². The average molecular weight is 276 g/mol. The maximum atomic E-state index is 11.7. The van der Waals surface area contributed by atoms with Crippen molar-refractivity contribution in [1.29, 1.82) is 0 Å². The van der Waals surface area contributed by atoms with Crippen molar-refractivity contribution in [2.24, 2.45) is 5.92 Å². The van der Waals surface area contributed by atoms with Crippen LogP contribution in [0.25, 0.3) is 5.76 Å². The largest absolute Gasteiger partial charge is 0.497 e. The lowest BCUT2D eigenvalue weighted by Gasteiger charge is -2.19. The first-order chi connectivity index (χ1) is 9.63. The highest BCUT2D eigenvalue weighted by Crippen LogP contribution is 2.27. The molecule has 0 aliphatic carbocycles. The first-order valence-corrected chi connectivity index (χ1v) is 6.37.